The number of halogens is 3. The van der Waals surface area contributed by atoms with Gasteiger partial charge in [-0.05, 0) is 68.4 Å². The SMILES string of the molecule is C=C(C)OC(=O)NC1CCCCC/C=C\C2CC2(C(=O)NCCc2c(Cl)cccc2Cl)NC(=O)[C@@H]2CC(OC(=O)N3Cc4cccc(F)c4C3)CN2C1=O. The topological polar surface area (TPSA) is 146 Å². The van der Waals surface area contributed by atoms with Crippen LogP contribution in [0.15, 0.2) is 60.9 Å². The Kier molecular flexibility index (Phi) is 12.2. The van der Waals surface area contributed by atoms with Crippen LogP contribution >= 0.6 is 23.2 Å². The zero-order valence-electron chi connectivity index (χ0n) is 30.0. The summed E-state index contributed by atoms with van der Waals surface area (Å²) in [5.74, 6) is -2.12. The van der Waals surface area contributed by atoms with Crippen LogP contribution in [0.4, 0.5) is 14.0 Å². The number of ether oxygens (including phenoxy) is 2. The first-order chi connectivity index (χ1) is 25.9. The molecular formula is C39H44Cl2FN5O7. The number of benzene rings is 2. The van der Waals surface area contributed by atoms with E-state index in [1.165, 1.54) is 22.8 Å². The molecule has 1 saturated carbocycles. The number of hydrogen-bond donors (Lipinski definition) is 3. The van der Waals surface area contributed by atoms with Crippen LogP contribution in [0, 0.1) is 11.7 Å². The molecule has 0 bridgehead atoms. The first-order valence-electron chi connectivity index (χ1n) is 18.2. The Morgan fingerprint density at radius 3 is 2.57 bits per heavy atom. The number of fused-ring (bicyclic) bond motifs is 3. The first-order valence-corrected chi connectivity index (χ1v) is 19.0. The quantitative estimate of drug-likeness (QED) is 0.233. The average Bonchev–Trinajstić information content (AvgIpc) is 3.41. The molecule has 1 aliphatic carbocycles. The number of carbonyl (C=O) groups is 5. The van der Waals surface area contributed by atoms with Crippen molar-refractivity contribution >= 4 is 53.1 Å². The molecule has 4 unspecified atom stereocenters. The second kappa shape index (κ2) is 16.8. The maximum atomic E-state index is 14.4. The first kappa shape index (κ1) is 39.1. The summed E-state index contributed by atoms with van der Waals surface area (Å²) >= 11 is 12.7. The highest BCUT2D eigenvalue weighted by molar-refractivity contribution is 6.36. The van der Waals surface area contributed by atoms with E-state index in [4.69, 9.17) is 32.7 Å². The summed E-state index contributed by atoms with van der Waals surface area (Å²) in [6.45, 7) is 5.32. The molecule has 2 aromatic carbocycles. The lowest BCUT2D eigenvalue weighted by atomic mass is 10.1. The van der Waals surface area contributed by atoms with Crippen molar-refractivity contribution < 1.29 is 37.8 Å². The number of allylic oxidation sites excluding steroid dienone is 2. The number of hydrogen-bond acceptors (Lipinski definition) is 7. The van der Waals surface area contributed by atoms with Crippen molar-refractivity contribution in [3.8, 4) is 0 Å². The minimum absolute atomic E-state index is 0.0200. The molecule has 3 N–H and O–H groups in total. The van der Waals surface area contributed by atoms with Gasteiger partial charge >= 0.3 is 12.2 Å². The molecule has 2 aromatic rings. The third kappa shape index (κ3) is 8.84. The van der Waals surface area contributed by atoms with E-state index in [1.807, 2.05) is 12.2 Å². The van der Waals surface area contributed by atoms with Gasteiger partial charge in [0.15, 0.2) is 0 Å². The summed E-state index contributed by atoms with van der Waals surface area (Å²) in [7, 11) is 0. The fourth-order valence-corrected chi connectivity index (χ4v) is 8.04. The van der Waals surface area contributed by atoms with Crippen LogP contribution in [-0.4, -0.2) is 76.5 Å². The Bertz CT molecular complexity index is 1840. The Balaban J connectivity index is 1.22. The minimum atomic E-state index is -1.28. The van der Waals surface area contributed by atoms with E-state index in [0.29, 0.717) is 46.0 Å². The molecule has 1 saturated heterocycles. The van der Waals surface area contributed by atoms with Crippen LogP contribution in [0.1, 0.15) is 68.6 Å². The molecule has 5 atom stereocenters. The van der Waals surface area contributed by atoms with Crippen LogP contribution in [0.5, 0.6) is 0 Å². The number of nitrogens with zero attached hydrogens (tertiary/aromatic N) is 2. The number of alkyl carbamates (subject to hydrolysis) is 1. The molecule has 12 nitrogen and oxygen atoms in total. The molecule has 5 amide bonds. The summed E-state index contributed by atoms with van der Waals surface area (Å²) in [5.41, 5.74) is 0.486. The maximum absolute atomic E-state index is 14.4. The van der Waals surface area contributed by atoms with Crippen molar-refractivity contribution in [2.75, 3.05) is 13.1 Å². The molecule has 0 radical (unpaired) electrons. The maximum Gasteiger partial charge on any atom is 0.412 e. The largest absolute Gasteiger partial charge is 0.444 e. The van der Waals surface area contributed by atoms with E-state index in [-0.39, 0.29) is 56.6 Å². The zero-order chi connectivity index (χ0) is 38.6. The van der Waals surface area contributed by atoms with E-state index < -0.39 is 53.5 Å². The molecule has 4 aliphatic rings. The van der Waals surface area contributed by atoms with Crippen molar-refractivity contribution in [2.45, 2.75) is 95.1 Å². The fraction of sp³-hybridized carbons (Fsp3) is 0.462. The van der Waals surface area contributed by atoms with Gasteiger partial charge in [-0.3, -0.25) is 19.3 Å². The number of carbonyl (C=O) groups excluding carboxylic acids is 5. The molecule has 0 aromatic heterocycles. The van der Waals surface area contributed by atoms with Crippen molar-refractivity contribution in [2.24, 2.45) is 5.92 Å². The van der Waals surface area contributed by atoms with Crippen LogP contribution in [-0.2, 0) is 43.4 Å². The van der Waals surface area contributed by atoms with E-state index in [1.54, 1.807) is 30.3 Å². The standard InChI is InChI=1S/C39H44Cl2FN5O7/c1-23(2)53-37(51)44-32-15-7-5-3-4-6-11-25-19-39(25,36(50)43-17-16-27-29(40)12-9-13-30(27)41)45-34(48)33-18-26(21-47(33)35(32)49)54-38(52)46-20-24-10-8-14-31(42)28(24)22-46/h6,8-14,25-26,32-33H,1,3-5,7,15-22H2,2H3,(H,43,50)(H,44,51)(H,45,48)/b11-6-/t25?,26?,32?,33-,39?/m0/s1. The number of rotatable bonds is 7. The van der Waals surface area contributed by atoms with Crippen LogP contribution in [0.3, 0.4) is 0 Å². The second-order valence-electron chi connectivity index (χ2n) is 14.3. The summed E-state index contributed by atoms with van der Waals surface area (Å²) < 4.78 is 25.4. The summed E-state index contributed by atoms with van der Waals surface area (Å²) in [5, 5.41) is 9.49. The molecule has 3 aliphatic heterocycles. The molecule has 3 heterocycles. The zero-order valence-corrected chi connectivity index (χ0v) is 31.5. The van der Waals surface area contributed by atoms with Crippen LogP contribution in [0.25, 0.3) is 0 Å². The van der Waals surface area contributed by atoms with E-state index >= 15 is 0 Å². The van der Waals surface area contributed by atoms with Crippen molar-refractivity contribution in [1.29, 1.82) is 0 Å². The van der Waals surface area contributed by atoms with E-state index in [2.05, 4.69) is 22.5 Å². The second-order valence-corrected chi connectivity index (χ2v) is 15.1. The normalized spacial score (nSPS) is 25.9. The predicted molar refractivity (Wildman–Crippen MR) is 199 cm³/mol. The Morgan fingerprint density at radius 1 is 1.07 bits per heavy atom. The predicted octanol–water partition coefficient (Wildman–Crippen LogP) is 5.94. The average molecular weight is 785 g/mol. The number of nitrogens with one attached hydrogen (secondary N) is 3. The van der Waals surface area contributed by atoms with Crippen molar-refractivity contribution in [1.82, 2.24) is 25.8 Å². The minimum Gasteiger partial charge on any atom is -0.444 e. The molecule has 2 fully saturated rings. The van der Waals surface area contributed by atoms with Gasteiger partial charge in [-0.1, -0.05) is 73.0 Å². The molecule has 15 heteroatoms. The van der Waals surface area contributed by atoms with Gasteiger partial charge in [-0.25, -0.2) is 14.0 Å². The Morgan fingerprint density at radius 2 is 1.83 bits per heavy atom. The van der Waals surface area contributed by atoms with Gasteiger partial charge in [0.2, 0.25) is 17.7 Å². The Labute approximate surface area is 323 Å². The van der Waals surface area contributed by atoms with Gasteiger partial charge in [-0.2, -0.15) is 0 Å². The van der Waals surface area contributed by atoms with E-state index in [0.717, 1.165) is 19.3 Å². The van der Waals surface area contributed by atoms with Gasteiger partial charge < -0.3 is 30.3 Å². The highest BCUT2D eigenvalue weighted by atomic mass is 35.5. The Hall–Kier alpha value is -4.62. The third-order valence-electron chi connectivity index (χ3n) is 10.4. The number of amides is 5. The molecular weight excluding hydrogens is 740 g/mol. The smallest absolute Gasteiger partial charge is 0.412 e. The fourth-order valence-electron chi connectivity index (χ4n) is 7.45. The van der Waals surface area contributed by atoms with E-state index in [9.17, 15) is 28.4 Å². The molecule has 54 heavy (non-hydrogen) atoms. The van der Waals surface area contributed by atoms with Gasteiger partial charge in [-0.15, -0.1) is 0 Å². The third-order valence-corrected chi connectivity index (χ3v) is 11.1. The van der Waals surface area contributed by atoms with Gasteiger partial charge in [0.1, 0.15) is 29.5 Å². The molecule has 6 rings (SSSR count). The van der Waals surface area contributed by atoms with Crippen LogP contribution < -0.4 is 16.0 Å². The monoisotopic (exact) mass is 783 g/mol. The highest BCUT2D eigenvalue weighted by Gasteiger charge is 2.61. The lowest BCUT2D eigenvalue weighted by molar-refractivity contribution is -0.141. The van der Waals surface area contributed by atoms with Crippen molar-refractivity contribution in [3.05, 3.63) is 93.4 Å². The molecule has 0 spiro atoms. The molecule has 288 valence electrons. The summed E-state index contributed by atoms with van der Waals surface area (Å²) in [4.78, 5) is 71.2. The van der Waals surface area contributed by atoms with Gasteiger partial charge in [0.05, 0.1) is 18.8 Å². The van der Waals surface area contributed by atoms with Crippen LogP contribution in [0.2, 0.25) is 10.0 Å². The summed E-state index contributed by atoms with van der Waals surface area (Å²) in [6, 6.07) is 7.63. The van der Waals surface area contributed by atoms with Gasteiger partial charge in [0.25, 0.3) is 0 Å². The van der Waals surface area contributed by atoms with Gasteiger partial charge in [0, 0.05) is 41.0 Å². The summed E-state index contributed by atoms with van der Waals surface area (Å²) in [6.07, 6.45) is 5.26. The lowest BCUT2D eigenvalue weighted by Gasteiger charge is -2.29. The lowest BCUT2D eigenvalue weighted by Crippen LogP contribution is -2.58. The van der Waals surface area contributed by atoms with Crippen molar-refractivity contribution in [3.63, 3.8) is 0 Å². The highest BCUT2D eigenvalue weighted by Crippen LogP contribution is 2.45.